The number of piperidine rings is 1. The minimum Gasteiger partial charge on any atom is -0.397 e. The quantitative estimate of drug-likeness (QED) is 0.852. The lowest BCUT2D eigenvalue weighted by Gasteiger charge is -2.34. The van der Waals surface area contributed by atoms with Crippen LogP contribution in [0.2, 0.25) is 0 Å². The van der Waals surface area contributed by atoms with Gasteiger partial charge in [-0.05, 0) is 49.2 Å². The molecule has 0 amide bonds. The smallest absolute Gasteiger partial charge is 0.181 e. The van der Waals surface area contributed by atoms with Gasteiger partial charge in [0, 0.05) is 13.1 Å². The number of hydrogen-bond donors (Lipinski definition) is 1. The van der Waals surface area contributed by atoms with E-state index in [0.717, 1.165) is 11.8 Å². The molecule has 1 aliphatic rings. The van der Waals surface area contributed by atoms with Crippen molar-refractivity contribution in [1.82, 2.24) is 0 Å². The molecule has 5 nitrogen and oxygen atoms in total. The molecule has 0 aromatic heterocycles. The molecule has 1 aliphatic heterocycles. The van der Waals surface area contributed by atoms with Crippen LogP contribution in [-0.4, -0.2) is 26.8 Å². The minimum absolute atomic E-state index is 0.0313. The molecule has 25 heavy (non-hydrogen) atoms. The van der Waals surface area contributed by atoms with E-state index in [1.807, 2.05) is 11.0 Å². The highest BCUT2D eigenvalue weighted by Gasteiger charge is 2.32. The van der Waals surface area contributed by atoms with E-state index < -0.39 is 20.9 Å². The predicted molar refractivity (Wildman–Crippen MR) is 94.4 cm³/mol. The molecule has 0 atom stereocenters. The van der Waals surface area contributed by atoms with E-state index in [0.29, 0.717) is 37.2 Å². The molecule has 1 saturated heterocycles. The summed E-state index contributed by atoms with van der Waals surface area (Å²) in [5.41, 5.74) is 7.81. The third-order valence-corrected chi connectivity index (χ3v) is 6.76. The number of benzene rings is 2. The maximum Gasteiger partial charge on any atom is 0.181 e. The van der Waals surface area contributed by atoms with E-state index in [2.05, 4.69) is 0 Å². The second-order valence-electron chi connectivity index (χ2n) is 6.07. The van der Waals surface area contributed by atoms with Crippen molar-refractivity contribution in [3.05, 3.63) is 53.8 Å². The van der Waals surface area contributed by atoms with Crippen molar-refractivity contribution in [1.29, 1.82) is 5.26 Å². The summed E-state index contributed by atoms with van der Waals surface area (Å²) in [6.45, 7) is 1.07. The van der Waals surface area contributed by atoms with Crippen LogP contribution in [-0.2, 0) is 9.84 Å². The lowest BCUT2D eigenvalue weighted by molar-refractivity contribution is 0.529. The van der Waals surface area contributed by atoms with E-state index in [1.165, 1.54) is 18.2 Å². The molecule has 7 heteroatoms. The van der Waals surface area contributed by atoms with Crippen LogP contribution in [0, 0.1) is 17.1 Å². The average molecular weight is 359 g/mol. The first kappa shape index (κ1) is 17.2. The van der Waals surface area contributed by atoms with Crippen molar-refractivity contribution in [2.45, 2.75) is 23.0 Å². The van der Waals surface area contributed by atoms with Crippen LogP contribution >= 0.6 is 0 Å². The molecule has 0 saturated carbocycles. The second-order valence-corrected chi connectivity index (χ2v) is 8.30. The van der Waals surface area contributed by atoms with Gasteiger partial charge in [-0.1, -0.05) is 6.07 Å². The molecular weight excluding hydrogens is 341 g/mol. The SMILES string of the molecule is N#Cc1ccc(N2CCC(S(=O)(=O)c3cccc(F)c3)CC2)c(N)c1. The Kier molecular flexibility index (Phi) is 4.64. The Bertz CT molecular complexity index is 930. The van der Waals surface area contributed by atoms with Gasteiger partial charge in [0.05, 0.1) is 33.2 Å². The molecule has 0 spiro atoms. The minimum atomic E-state index is -3.55. The number of nitriles is 1. The molecule has 2 aromatic carbocycles. The van der Waals surface area contributed by atoms with Gasteiger partial charge in [-0.15, -0.1) is 0 Å². The van der Waals surface area contributed by atoms with Gasteiger partial charge >= 0.3 is 0 Å². The summed E-state index contributed by atoms with van der Waals surface area (Å²) in [5.74, 6) is -0.552. The molecule has 1 heterocycles. The van der Waals surface area contributed by atoms with Crippen molar-refractivity contribution in [2.75, 3.05) is 23.7 Å². The summed E-state index contributed by atoms with van der Waals surface area (Å²) in [6, 6.07) is 12.3. The van der Waals surface area contributed by atoms with Crippen molar-refractivity contribution in [2.24, 2.45) is 0 Å². The van der Waals surface area contributed by atoms with Crippen LogP contribution in [0.25, 0.3) is 0 Å². The standard InChI is InChI=1S/C18H18FN3O2S/c19-14-2-1-3-16(11-14)25(23,24)15-6-8-22(9-7-15)18-5-4-13(12-20)10-17(18)21/h1-5,10-11,15H,6-9,21H2. The Labute approximate surface area is 146 Å². The van der Waals surface area contributed by atoms with Crippen LogP contribution in [0.5, 0.6) is 0 Å². The van der Waals surface area contributed by atoms with Crippen molar-refractivity contribution >= 4 is 21.2 Å². The lowest BCUT2D eigenvalue weighted by atomic mass is 10.1. The fourth-order valence-corrected chi connectivity index (χ4v) is 4.92. The monoisotopic (exact) mass is 359 g/mol. The molecule has 0 unspecified atom stereocenters. The molecule has 130 valence electrons. The van der Waals surface area contributed by atoms with Crippen LogP contribution in [0.4, 0.5) is 15.8 Å². The summed E-state index contributed by atoms with van der Waals surface area (Å²) >= 11 is 0. The van der Waals surface area contributed by atoms with Gasteiger partial charge < -0.3 is 10.6 Å². The first-order valence-electron chi connectivity index (χ1n) is 7.96. The van der Waals surface area contributed by atoms with Gasteiger partial charge in [-0.3, -0.25) is 0 Å². The Morgan fingerprint density at radius 2 is 1.88 bits per heavy atom. The maximum absolute atomic E-state index is 13.3. The van der Waals surface area contributed by atoms with E-state index in [9.17, 15) is 12.8 Å². The molecule has 3 rings (SSSR count). The van der Waals surface area contributed by atoms with Gasteiger partial charge in [-0.2, -0.15) is 5.26 Å². The van der Waals surface area contributed by atoms with Crippen molar-refractivity contribution in [3.8, 4) is 6.07 Å². The zero-order valence-corrected chi connectivity index (χ0v) is 14.3. The van der Waals surface area contributed by atoms with E-state index in [-0.39, 0.29) is 4.90 Å². The highest BCUT2D eigenvalue weighted by atomic mass is 32.2. The summed E-state index contributed by atoms with van der Waals surface area (Å²) in [7, 11) is -3.55. The summed E-state index contributed by atoms with van der Waals surface area (Å²) in [5, 5.41) is 8.37. The van der Waals surface area contributed by atoms with Gasteiger partial charge in [0.25, 0.3) is 0 Å². The Morgan fingerprint density at radius 1 is 1.16 bits per heavy atom. The number of sulfone groups is 1. The summed E-state index contributed by atoms with van der Waals surface area (Å²) in [4.78, 5) is 2.05. The zero-order valence-electron chi connectivity index (χ0n) is 13.5. The number of halogens is 1. The summed E-state index contributed by atoms with van der Waals surface area (Å²) < 4.78 is 38.7. The number of rotatable bonds is 3. The topological polar surface area (TPSA) is 87.2 Å². The van der Waals surface area contributed by atoms with Gasteiger partial charge in [-0.25, -0.2) is 12.8 Å². The Balaban J connectivity index is 1.75. The van der Waals surface area contributed by atoms with E-state index >= 15 is 0 Å². The summed E-state index contributed by atoms with van der Waals surface area (Å²) in [6.07, 6.45) is 0.885. The second kappa shape index (κ2) is 6.73. The average Bonchev–Trinajstić information content (AvgIpc) is 2.61. The third-order valence-electron chi connectivity index (χ3n) is 4.50. The van der Waals surface area contributed by atoms with Crippen molar-refractivity contribution < 1.29 is 12.8 Å². The lowest BCUT2D eigenvalue weighted by Crippen LogP contribution is -2.39. The molecule has 2 aromatic rings. The number of hydrogen-bond acceptors (Lipinski definition) is 5. The first-order valence-corrected chi connectivity index (χ1v) is 9.50. The molecule has 0 radical (unpaired) electrons. The van der Waals surface area contributed by atoms with Crippen LogP contribution in [0.15, 0.2) is 47.4 Å². The fraction of sp³-hybridized carbons (Fsp3) is 0.278. The Morgan fingerprint density at radius 3 is 2.48 bits per heavy atom. The first-order chi connectivity index (χ1) is 11.9. The number of anilines is 2. The largest absolute Gasteiger partial charge is 0.397 e. The van der Waals surface area contributed by atoms with Crippen molar-refractivity contribution in [3.63, 3.8) is 0 Å². The third kappa shape index (κ3) is 3.44. The van der Waals surface area contributed by atoms with E-state index in [1.54, 1.807) is 18.2 Å². The van der Waals surface area contributed by atoms with Gasteiger partial charge in [0.2, 0.25) is 0 Å². The zero-order chi connectivity index (χ0) is 18.0. The predicted octanol–water partition coefficient (Wildman–Crippen LogP) is 2.72. The maximum atomic E-state index is 13.3. The van der Waals surface area contributed by atoms with Crippen LogP contribution in [0.3, 0.4) is 0 Å². The fourth-order valence-electron chi connectivity index (χ4n) is 3.16. The molecule has 1 fully saturated rings. The van der Waals surface area contributed by atoms with Crippen LogP contribution < -0.4 is 10.6 Å². The number of nitrogens with zero attached hydrogens (tertiary/aromatic N) is 2. The molecule has 0 bridgehead atoms. The molecule has 0 aliphatic carbocycles. The number of nitrogen functional groups attached to an aromatic ring is 1. The highest BCUT2D eigenvalue weighted by Crippen LogP contribution is 2.30. The molecule has 2 N–H and O–H groups in total. The van der Waals surface area contributed by atoms with Crippen LogP contribution in [0.1, 0.15) is 18.4 Å². The Hall–Kier alpha value is -2.59. The van der Waals surface area contributed by atoms with Gasteiger partial charge in [0.1, 0.15) is 5.82 Å². The normalized spacial score (nSPS) is 15.8. The molecular formula is C18H18FN3O2S. The number of nitrogens with two attached hydrogens (primary N) is 1. The van der Waals surface area contributed by atoms with Gasteiger partial charge in [0.15, 0.2) is 9.84 Å². The highest BCUT2D eigenvalue weighted by molar-refractivity contribution is 7.92. The van der Waals surface area contributed by atoms with E-state index in [4.69, 9.17) is 11.0 Å².